The number of benzene rings is 2. The van der Waals surface area contributed by atoms with E-state index in [-0.39, 0.29) is 33.7 Å². The number of hydrogen-bond donors (Lipinski definition) is 3. The van der Waals surface area contributed by atoms with Gasteiger partial charge in [0.05, 0.1) is 9.92 Å². The van der Waals surface area contributed by atoms with Crippen LogP contribution in [0.1, 0.15) is 11.4 Å². The maximum absolute atomic E-state index is 13.2. The number of halogens is 2. The van der Waals surface area contributed by atoms with Crippen LogP contribution in [-0.2, 0) is 16.6 Å². The molecule has 28 heavy (non-hydrogen) atoms. The highest BCUT2D eigenvalue weighted by atomic mass is 35.5. The van der Waals surface area contributed by atoms with Gasteiger partial charge in [-0.1, -0.05) is 16.8 Å². The van der Waals surface area contributed by atoms with Crippen molar-refractivity contribution in [2.24, 2.45) is 5.14 Å². The summed E-state index contributed by atoms with van der Waals surface area (Å²) in [4.78, 5) is -0.0485. The molecule has 0 bridgehead atoms. The van der Waals surface area contributed by atoms with Crippen LogP contribution in [0.4, 0.5) is 10.1 Å². The molecule has 146 valence electrons. The highest BCUT2D eigenvalue weighted by Gasteiger charge is 2.17. The van der Waals surface area contributed by atoms with Crippen LogP contribution < -0.4 is 15.2 Å². The fourth-order valence-electron chi connectivity index (χ4n) is 2.15. The van der Waals surface area contributed by atoms with Gasteiger partial charge in [-0.2, -0.15) is 0 Å². The molecule has 1 heterocycles. The van der Waals surface area contributed by atoms with Crippen LogP contribution in [0.15, 0.2) is 52.0 Å². The maximum Gasteiger partial charge on any atom is 0.238 e. The average molecular weight is 426 g/mol. The standard InChI is InChI=1S/C16H13ClFN5O4S/c17-12-7-9(1-6-13(12)18)21-16(19)15-14(22-27-23-15)8-26-10-2-4-11(5-3-10)28(20,24)25/h1-7H,8H2,(H2,19,21)(H2,20,24,25). The number of ether oxygens (including phenoxy) is 1. The molecular weight excluding hydrogens is 413 g/mol. The molecule has 2 aromatic carbocycles. The molecule has 0 aliphatic heterocycles. The van der Waals surface area contributed by atoms with Gasteiger partial charge in [0.15, 0.2) is 17.2 Å². The second-order valence-corrected chi connectivity index (χ2v) is 7.46. The lowest BCUT2D eigenvalue weighted by molar-refractivity contribution is 0.270. The number of aromatic nitrogens is 2. The molecule has 1 aromatic heterocycles. The Morgan fingerprint density at radius 3 is 2.61 bits per heavy atom. The van der Waals surface area contributed by atoms with Crippen molar-refractivity contribution in [3.63, 3.8) is 0 Å². The van der Waals surface area contributed by atoms with Crippen molar-refractivity contribution < 1.29 is 22.2 Å². The first-order valence-corrected chi connectivity index (χ1v) is 9.54. The van der Waals surface area contributed by atoms with E-state index in [2.05, 4.69) is 20.3 Å². The molecule has 0 aliphatic rings. The molecule has 0 fully saturated rings. The second kappa shape index (κ2) is 7.92. The third-order valence-electron chi connectivity index (χ3n) is 3.51. The summed E-state index contributed by atoms with van der Waals surface area (Å²) in [6.45, 7) is -0.0954. The number of nitrogens with one attached hydrogen (secondary N) is 2. The van der Waals surface area contributed by atoms with E-state index >= 15 is 0 Å². The Labute approximate surface area is 163 Å². The molecule has 12 heteroatoms. The van der Waals surface area contributed by atoms with Crippen molar-refractivity contribution in [1.29, 1.82) is 5.41 Å². The molecule has 0 amide bonds. The highest BCUT2D eigenvalue weighted by molar-refractivity contribution is 7.89. The number of amidine groups is 1. The van der Waals surface area contributed by atoms with Crippen molar-refractivity contribution in [3.8, 4) is 5.75 Å². The number of rotatable bonds is 6. The predicted octanol–water partition coefficient (Wildman–Crippen LogP) is 2.53. The smallest absolute Gasteiger partial charge is 0.238 e. The van der Waals surface area contributed by atoms with Gasteiger partial charge >= 0.3 is 0 Å². The van der Waals surface area contributed by atoms with Gasteiger partial charge in [-0.25, -0.2) is 22.6 Å². The number of primary sulfonamides is 1. The lowest BCUT2D eigenvalue weighted by Crippen LogP contribution is -2.15. The van der Waals surface area contributed by atoms with E-state index in [0.717, 1.165) is 6.07 Å². The molecular formula is C16H13ClFN5O4S. The Morgan fingerprint density at radius 1 is 1.25 bits per heavy atom. The Hall–Kier alpha value is -3.02. The summed E-state index contributed by atoms with van der Waals surface area (Å²) in [7, 11) is -3.79. The summed E-state index contributed by atoms with van der Waals surface area (Å²) in [5.74, 6) is -0.386. The van der Waals surface area contributed by atoms with E-state index < -0.39 is 15.8 Å². The molecule has 0 spiro atoms. The molecule has 0 saturated heterocycles. The number of nitrogens with zero attached hydrogens (tertiary/aromatic N) is 2. The van der Waals surface area contributed by atoms with Crippen molar-refractivity contribution in [2.45, 2.75) is 11.5 Å². The molecule has 0 atom stereocenters. The summed E-state index contributed by atoms with van der Waals surface area (Å²) in [6.07, 6.45) is 0. The van der Waals surface area contributed by atoms with Gasteiger partial charge in [0.1, 0.15) is 18.2 Å². The molecule has 0 radical (unpaired) electrons. The first-order valence-electron chi connectivity index (χ1n) is 7.62. The van der Waals surface area contributed by atoms with Crippen molar-refractivity contribution >= 4 is 33.1 Å². The minimum atomic E-state index is -3.79. The van der Waals surface area contributed by atoms with Gasteiger partial charge in [0, 0.05) is 5.69 Å². The van der Waals surface area contributed by atoms with Crippen LogP contribution in [0, 0.1) is 11.2 Å². The SMILES string of the molecule is N=C(Nc1ccc(F)c(Cl)c1)c1nonc1COc1ccc(S(N)(=O)=O)cc1. The molecule has 4 N–H and O–H groups in total. The Morgan fingerprint density at radius 2 is 1.96 bits per heavy atom. The Kier molecular flexibility index (Phi) is 5.58. The molecule has 3 rings (SSSR count). The first kappa shape index (κ1) is 19.7. The van der Waals surface area contributed by atoms with Gasteiger partial charge in [0.2, 0.25) is 10.0 Å². The molecule has 3 aromatic rings. The van der Waals surface area contributed by atoms with Gasteiger partial charge < -0.3 is 10.1 Å². The van der Waals surface area contributed by atoms with Crippen LogP contribution in [0.3, 0.4) is 0 Å². The van der Waals surface area contributed by atoms with Crippen LogP contribution in [0.2, 0.25) is 5.02 Å². The number of sulfonamides is 1. The van der Waals surface area contributed by atoms with E-state index in [9.17, 15) is 12.8 Å². The topological polar surface area (TPSA) is 144 Å². The second-order valence-electron chi connectivity index (χ2n) is 5.49. The van der Waals surface area contributed by atoms with E-state index in [4.69, 9.17) is 26.9 Å². The van der Waals surface area contributed by atoms with Crippen molar-refractivity contribution in [3.05, 3.63) is 64.7 Å². The molecule has 9 nitrogen and oxygen atoms in total. The average Bonchev–Trinajstić information content (AvgIpc) is 3.11. The lowest BCUT2D eigenvalue weighted by atomic mass is 10.2. The monoisotopic (exact) mass is 425 g/mol. The van der Waals surface area contributed by atoms with E-state index in [0.29, 0.717) is 11.4 Å². The predicted molar refractivity (Wildman–Crippen MR) is 98.3 cm³/mol. The summed E-state index contributed by atoms with van der Waals surface area (Å²) >= 11 is 5.71. The summed E-state index contributed by atoms with van der Waals surface area (Å²) in [5, 5.41) is 23.1. The van der Waals surface area contributed by atoms with Crippen LogP contribution in [0.5, 0.6) is 5.75 Å². The molecule has 0 saturated carbocycles. The van der Waals surface area contributed by atoms with E-state index in [1.807, 2.05) is 0 Å². The first-order chi connectivity index (χ1) is 13.2. The van der Waals surface area contributed by atoms with Crippen molar-refractivity contribution in [2.75, 3.05) is 5.32 Å². The number of nitrogens with two attached hydrogens (primary N) is 1. The van der Waals surface area contributed by atoms with E-state index in [1.54, 1.807) is 0 Å². The van der Waals surface area contributed by atoms with Crippen LogP contribution in [0.25, 0.3) is 0 Å². The Bertz CT molecular complexity index is 1120. The van der Waals surface area contributed by atoms with Gasteiger partial charge in [-0.3, -0.25) is 5.41 Å². The zero-order valence-electron chi connectivity index (χ0n) is 14.0. The highest BCUT2D eigenvalue weighted by Crippen LogP contribution is 2.21. The van der Waals surface area contributed by atoms with Crippen LogP contribution in [-0.4, -0.2) is 24.6 Å². The zero-order chi connectivity index (χ0) is 20.3. The summed E-state index contributed by atoms with van der Waals surface area (Å²) in [6, 6.07) is 9.35. The fourth-order valence-corrected chi connectivity index (χ4v) is 2.84. The third-order valence-corrected chi connectivity index (χ3v) is 4.73. The minimum absolute atomic E-state index is 0.0485. The van der Waals surface area contributed by atoms with Gasteiger partial charge in [-0.15, -0.1) is 0 Å². The summed E-state index contributed by atoms with van der Waals surface area (Å²) in [5.41, 5.74) is 0.688. The van der Waals surface area contributed by atoms with Crippen molar-refractivity contribution in [1.82, 2.24) is 10.3 Å². The molecule has 0 aliphatic carbocycles. The quantitative estimate of drug-likeness (QED) is 0.406. The Balaban J connectivity index is 1.68. The van der Waals surface area contributed by atoms with Gasteiger partial charge in [0.25, 0.3) is 0 Å². The minimum Gasteiger partial charge on any atom is -0.487 e. The maximum atomic E-state index is 13.2. The largest absolute Gasteiger partial charge is 0.487 e. The number of anilines is 1. The fraction of sp³-hybridized carbons (Fsp3) is 0.0625. The lowest BCUT2D eigenvalue weighted by Gasteiger charge is -2.08. The normalized spacial score (nSPS) is 11.2. The van der Waals surface area contributed by atoms with Gasteiger partial charge in [-0.05, 0) is 47.6 Å². The summed E-state index contributed by atoms with van der Waals surface area (Å²) < 4.78 is 45.9. The van der Waals surface area contributed by atoms with Crippen LogP contribution >= 0.6 is 11.6 Å². The third kappa shape index (κ3) is 4.63. The zero-order valence-corrected chi connectivity index (χ0v) is 15.6. The number of hydrogen-bond acceptors (Lipinski definition) is 7. The molecule has 0 unspecified atom stereocenters. The van der Waals surface area contributed by atoms with E-state index in [1.165, 1.54) is 36.4 Å².